The zero-order chi connectivity index (χ0) is 26.2. The predicted octanol–water partition coefficient (Wildman–Crippen LogP) is 2.67. The van der Waals surface area contributed by atoms with Gasteiger partial charge in [0, 0.05) is 0 Å². The number of ether oxygens (including phenoxy) is 2. The fourth-order valence-corrected chi connectivity index (χ4v) is 3.60. The van der Waals surface area contributed by atoms with E-state index in [-0.39, 0.29) is 10.7 Å². The topological polar surface area (TPSA) is 110 Å². The lowest BCUT2D eigenvalue weighted by Crippen LogP contribution is -2.46. The second-order valence-electron chi connectivity index (χ2n) is 8.41. The molecule has 3 aromatic heterocycles. The van der Waals surface area contributed by atoms with Gasteiger partial charge < -0.3 is 19.4 Å². The Balaban J connectivity index is 1.28. The summed E-state index contributed by atoms with van der Waals surface area (Å²) in [6.07, 6.45) is 6.15. The second-order valence-corrected chi connectivity index (χ2v) is 8.41. The van der Waals surface area contributed by atoms with Crippen molar-refractivity contribution >= 4 is 12.2 Å². The standard InChI is InChI=1S/C30H24N4O4/c35-29-27(15-23-11-13-25(17-31-23)37-19-21-7-3-1-4-8-21)33-30(36)28(34-29)16-24-12-14-26(18-32-24)38-20-22-9-5-2-6-10-22/h1-18H,19-20H2,(H,33,36)(H,34,35)/b27-15-,28-16-. The molecule has 38 heavy (non-hydrogen) atoms. The van der Waals surface area contributed by atoms with Gasteiger partial charge in [-0.15, -0.1) is 0 Å². The molecule has 0 unspecified atom stereocenters. The lowest BCUT2D eigenvalue weighted by Gasteiger charge is -2.05. The largest absolute Gasteiger partial charge is 0.487 e. The maximum absolute atomic E-state index is 12.6. The van der Waals surface area contributed by atoms with Crippen LogP contribution in [0.4, 0.5) is 0 Å². The van der Waals surface area contributed by atoms with Gasteiger partial charge in [-0.3, -0.25) is 19.6 Å². The molecule has 0 aliphatic heterocycles. The monoisotopic (exact) mass is 504 g/mol. The third-order valence-electron chi connectivity index (χ3n) is 5.59. The average molecular weight is 505 g/mol. The maximum atomic E-state index is 12.6. The number of aromatic nitrogens is 4. The number of hydrogen-bond acceptors (Lipinski definition) is 6. The number of benzene rings is 2. The van der Waals surface area contributed by atoms with Crippen LogP contribution in [0.1, 0.15) is 22.5 Å². The second kappa shape index (κ2) is 11.7. The summed E-state index contributed by atoms with van der Waals surface area (Å²) in [4.78, 5) is 39.1. The van der Waals surface area contributed by atoms with Crippen molar-refractivity contribution in [2.24, 2.45) is 0 Å². The Morgan fingerprint density at radius 1 is 0.579 bits per heavy atom. The van der Waals surface area contributed by atoms with Gasteiger partial charge in [0.25, 0.3) is 11.1 Å². The first-order valence-electron chi connectivity index (χ1n) is 11.9. The van der Waals surface area contributed by atoms with Crippen molar-refractivity contribution in [3.63, 3.8) is 0 Å². The molecule has 0 saturated carbocycles. The van der Waals surface area contributed by atoms with Crippen LogP contribution in [0, 0.1) is 0 Å². The number of rotatable bonds is 8. The number of pyridine rings is 2. The molecule has 0 atom stereocenters. The van der Waals surface area contributed by atoms with Crippen LogP contribution in [0.2, 0.25) is 0 Å². The van der Waals surface area contributed by atoms with E-state index in [1.54, 1.807) is 36.7 Å². The maximum Gasteiger partial charge on any atom is 0.272 e. The van der Waals surface area contributed by atoms with Gasteiger partial charge in [-0.25, -0.2) is 0 Å². The van der Waals surface area contributed by atoms with Crippen LogP contribution in [-0.4, -0.2) is 19.9 Å². The third-order valence-corrected chi connectivity index (χ3v) is 5.59. The molecule has 5 rings (SSSR count). The zero-order valence-corrected chi connectivity index (χ0v) is 20.3. The molecule has 8 nitrogen and oxygen atoms in total. The van der Waals surface area contributed by atoms with Crippen LogP contribution in [0.5, 0.6) is 11.5 Å². The molecule has 2 aromatic carbocycles. The fourth-order valence-electron chi connectivity index (χ4n) is 3.60. The molecule has 188 valence electrons. The highest BCUT2D eigenvalue weighted by Crippen LogP contribution is 2.13. The van der Waals surface area contributed by atoms with Gasteiger partial charge in [0.05, 0.1) is 23.8 Å². The Hall–Kier alpha value is -5.24. The van der Waals surface area contributed by atoms with Gasteiger partial charge in [0.2, 0.25) is 0 Å². The highest BCUT2D eigenvalue weighted by Gasteiger charge is 2.01. The van der Waals surface area contributed by atoms with E-state index in [4.69, 9.17) is 9.47 Å². The fraction of sp³-hybridized carbons (Fsp3) is 0.0667. The number of nitrogens with one attached hydrogen (secondary N) is 2. The molecule has 0 fully saturated rings. The Morgan fingerprint density at radius 2 is 1.00 bits per heavy atom. The first-order chi connectivity index (χ1) is 18.6. The highest BCUT2D eigenvalue weighted by molar-refractivity contribution is 5.45. The van der Waals surface area contributed by atoms with Crippen molar-refractivity contribution in [3.05, 3.63) is 151 Å². The Morgan fingerprint density at radius 3 is 1.37 bits per heavy atom. The molecule has 8 heteroatoms. The molecule has 0 aliphatic carbocycles. The molecule has 0 bridgehead atoms. The van der Waals surface area contributed by atoms with E-state index in [1.165, 1.54) is 12.2 Å². The van der Waals surface area contributed by atoms with E-state index < -0.39 is 11.1 Å². The van der Waals surface area contributed by atoms with E-state index in [0.29, 0.717) is 36.1 Å². The first kappa shape index (κ1) is 24.5. The number of hydrogen-bond donors (Lipinski definition) is 2. The van der Waals surface area contributed by atoms with Crippen LogP contribution >= 0.6 is 0 Å². The number of H-pyrrole nitrogens is 2. The van der Waals surface area contributed by atoms with Crippen LogP contribution in [0.3, 0.4) is 0 Å². The average Bonchev–Trinajstić information content (AvgIpc) is 2.96. The van der Waals surface area contributed by atoms with Crippen molar-refractivity contribution < 1.29 is 9.47 Å². The van der Waals surface area contributed by atoms with Gasteiger partial charge in [0.15, 0.2) is 0 Å². The minimum absolute atomic E-state index is 0.0928. The Bertz CT molecular complexity index is 1600. The van der Waals surface area contributed by atoms with E-state index in [1.807, 2.05) is 60.7 Å². The summed E-state index contributed by atoms with van der Waals surface area (Å²) in [6.45, 7) is 0.851. The minimum atomic E-state index is -0.454. The summed E-state index contributed by atoms with van der Waals surface area (Å²) < 4.78 is 11.5. The summed E-state index contributed by atoms with van der Waals surface area (Å²) in [5.41, 5.74) is 2.19. The van der Waals surface area contributed by atoms with E-state index in [9.17, 15) is 9.59 Å². The number of nitrogens with zero attached hydrogens (tertiary/aromatic N) is 2. The molecule has 2 N–H and O–H groups in total. The summed E-state index contributed by atoms with van der Waals surface area (Å²) in [5, 5.41) is 0.186. The van der Waals surface area contributed by atoms with Crippen LogP contribution in [0.25, 0.3) is 12.2 Å². The van der Waals surface area contributed by atoms with Crippen molar-refractivity contribution in [3.8, 4) is 11.5 Å². The van der Waals surface area contributed by atoms with Crippen molar-refractivity contribution in [2.75, 3.05) is 0 Å². The lowest BCUT2D eigenvalue weighted by atomic mass is 10.2. The Kier molecular flexibility index (Phi) is 7.51. The quantitative estimate of drug-likeness (QED) is 0.336. The van der Waals surface area contributed by atoms with Crippen LogP contribution in [-0.2, 0) is 13.2 Å². The molecule has 0 saturated heterocycles. The van der Waals surface area contributed by atoms with E-state index in [0.717, 1.165) is 11.1 Å². The SMILES string of the molecule is O=c1[nH]/c(=C\c2ccc(OCc3ccccc3)cn2)c(=O)[nH]/c1=C\c1ccc(OCc2ccccc2)cn1. The highest BCUT2D eigenvalue weighted by atomic mass is 16.5. The molecule has 0 radical (unpaired) electrons. The molecule has 5 aromatic rings. The van der Waals surface area contributed by atoms with E-state index >= 15 is 0 Å². The summed E-state index contributed by atoms with van der Waals surface area (Å²) in [6, 6.07) is 26.6. The summed E-state index contributed by atoms with van der Waals surface area (Å²) in [5.74, 6) is 1.20. The normalized spacial score (nSPS) is 11.9. The van der Waals surface area contributed by atoms with Crippen molar-refractivity contribution in [1.82, 2.24) is 19.9 Å². The van der Waals surface area contributed by atoms with Crippen molar-refractivity contribution in [2.45, 2.75) is 13.2 Å². The van der Waals surface area contributed by atoms with E-state index in [2.05, 4.69) is 19.9 Å². The molecule has 0 spiro atoms. The molecule has 0 aliphatic rings. The zero-order valence-electron chi connectivity index (χ0n) is 20.3. The van der Waals surface area contributed by atoms with Gasteiger partial charge in [-0.2, -0.15) is 0 Å². The molecular formula is C30H24N4O4. The van der Waals surface area contributed by atoms with Gasteiger partial charge in [-0.1, -0.05) is 60.7 Å². The predicted molar refractivity (Wildman–Crippen MR) is 144 cm³/mol. The third kappa shape index (κ3) is 6.50. The van der Waals surface area contributed by atoms with Crippen molar-refractivity contribution in [1.29, 1.82) is 0 Å². The summed E-state index contributed by atoms with van der Waals surface area (Å²) >= 11 is 0. The van der Waals surface area contributed by atoms with Gasteiger partial charge in [0.1, 0.15) is 35.4 Å². The van der Waals surface area contributed by atoms with Gasteiger partial charge >= 0.3 is 0 Å². The smallest absolute Gasteiger partial charge is 0.272 e. The van der Waals surface area contributed by atoms with Crippen LogP contribution in [0.15, 0.2) is 107 Å². The van der Waals surface area contributed by atoms with Crippen LogP contribution < -0.4 is 31.3 Å². The summed E-state index contributed by atoms with van der Waals surface area (Å²) in [7, 11) is 0. The Labute approximate surface area is 217 Å². The van der Waals surface area contributed by atoms with Gasteiger partial charge in [-0.05, 0) is 47.5 Å². The molecular weight excluding hydrogens is 480 g/mol. The molecule has 0 amide bonds. The lowest BCUT2D eigenvalue weighted by molar-refractivity contribution is 0.305. The molecule has 3 heterocycles. The number of aromatic amines is 2. The minimum Gasteiger partial charge on any atom is -0.487 e. The first-order valence-corrected chi connectivity index (χ1v) is 11.9.